The van der Waals surface area contributed by atoms with Gasteiger partial charge in [-0.1, -0.05) is 6.92 Å². The summed E-state index contributed by atoms with van der Waals surface area (Å²) in [7, 11) is 0. The zero-order chi connectivity index (χ0) is 9.97. The van der Waals surface area contributed by atoms with Crippen LogP contribution in [0.1, 0.15) is 13.3 Å². The van der Waals surface area contributed by atoms with Crippen LogP contribution in [0.3, 0.4) is 0 Å². The summed E-state index contributed by atoms with van der Waals surface area (Å²) in [4.78, 5) is 15.6. The molecule has 2 heterocycles. The molecule has 0 radical (unpaired) electrons. The van der Waals surface area contributed by atoms with Crippen molar-refractivity contribution in [1.29, 1.82) is 0 Å². The van der Waals surface area contributed by atoms with Gasteiger partial charge in [-0.05, 0) is 6.42 Å². The summed E-state index contributed by atoms with van der Waals surface area (Å²) in [6.07, 6.45) is 2.40. The Morgan fingerprint density at radius 3 is 3.29 bits per heavy atom. The van der Waals surface area contributed by atoms with E-state index in [2.05, 4.69) is 27.4 Å². The van der Waals surface area contributed by atoms with Crippen LogP contribution < -0.4 is 10.9 Å². The Kier molecular flexibility index (Phi) is 2.18. The molecule has 74 valence electrons. The standard InChI is InChI=1S/C8H11N5O/c1-2-3-9-6-4-7(14)13-5-10-12-8(13)11-6/h4-5,9H,2-3H2,1H3,(H,11,12). The van der Waals surface area contributed by atoms with Gasteiger partial charge in [0.05, 0.1) is 0 Å². The number of nitrogens with zero attached hydrogens (tertiary/aromatic N) is 3. The number of fused-ring (bicyclic) bond motifs is 1. The molecule has 0 amide bonds. The Morgan fingerprint density at radius 2 is 2.50 bits per heavy atom. The molecule has 2 N–H and O–H groups in total. The highest BCUT2D eigenvalue weighted by atomic mass is 16.1. The summed E-state index contributed by atoms with van der Waals surface area (Å²) < 4.78 is 1.36. The van der Waals surface area contributed by atoms with Crippen LogP contribution in [0.15, 0.2) is 17.2 Å². The lowest BCUT2D eigenvalue weighted by atomic mass is 10.4. The van der Waals surface area contributed by atoms with Gasteiger partial charge in [-0.3, -0.25) is 4.79 Å². The first-order valence-corrected chi connectivity index (χ1v) is 4.48. The third kappa shape index (κ3) is 1.46. The van der Waals surface area contributed by atoms with E-state index < -0.39 is 0 Å². The molecule has 0 saturated heterocycles. The summed E-state index contributed by atoms with van der Waals surface area (Å²) in [5, 5.41) is 9.42. The summed E-state index contributed by atoms with van der Waals surface area (Å²) in [6, 6.07) is 1.46. The molecule has 0 spiro atoms. The number of aromatic amines is 1. The average molecular weight is 193 g/mol. The molecule has 0 aromatic carbocycles. The van der Waals surface area contributed by atoms with Gasteiger partial charge in [0.15, 0.2) is 0 Å². The van der Waals surface area contributed by atoms with E-state index in [1.54, 1.807) is 0 Å². The maximum atomic E-state index is 11.4. The lowest BCUT2D eigenvalue weighted by Gasteiger charge is -2.01. The van der Waals surface area contributed by atoms with Gasteiger partial charge >= 0.3 is 0 Å². The second-order valence-corrected chi connectivity index (χ2v) is 2.96. The monoisotopic (exact) mass is 193 g/mol. The van der Waals surface area contributed by atoms with Crippen LogP contribution in [0.5, 0.6) is 0 Å². The number of nitrogens with one attached hydrogen (secondary N) is 2. The lowest BCUT2D eigenvalue weighted by Crippen LogP contribution is -2.14. The maximum absolute atomic E-state index is 11.4. The molecule has 0 unspecified atom stereocenters. The highest BCUT2D eigenvalue weighted by Gasteiger charge is 2.01. The molecule has 6 heteroatoms. The first-order valence-electron chi connectivity index (χ1n) is 4.48. The minimum Gasteiger partial charge on any atom is -0.370 e. The third-order valence-corrected chi connectivity index (χ3v) is 1.85. The third-order valence-electron chi connectivity index (χ3n) is 1.85. The number of H-pyrrole nitrogens is 1. The molecule has 0 aliphatic heterocycles. The summed E-state index contributed by atoms with van der Waals surface area (Å²) in [6.45, 7) is 2.85. The van der Waals surface area contributed by atoms with Gasteiger partial charge in [-0.25, -0.2) is 9.50 Å². The van der Waals surface area contributed by atoms with Gasteiger partial charge in [0.1, 0.15) is 12.1 Å². The van der Waals surface area contributed by atoms with Crippen LogP contribution in [0.25, 0.3) is 5.78 Å². The van der Waals surface area contributed by atoms with E-state index in [1.165, 1.54) is 16.8 Å². The fraction of sp³-hybridized carbons (Fsp3) is 0.375. The van der Waals surface area contributed by atoms with Crippen LogP contribution in [0.4, 0.5) is 5.82 Å². The summed E-state index contributed by atoms with van der Waals surface area (Å²) >= 11 is 0. The molecular formula is C8H11N5O. The fourth-order valence-corrected chi connectivity index (χ4v) is 1.17. The number of hydrogen-bond acceptors (Lipinski definition) is 4. The molecule has 0 saturated carbocycles. The Morgan fingerprint density at radius 1 is 1.64 bits per heavy atom. The average Bonchev–Trinajstić information content (AvgIpc) is 2.63. The molecule has 0 fully saturated rings. The van der Waals surface area contributed by atoms with Crippen molar-refractivity contribution in [3.63, 3.8) is 0 Å². The van der Waals surface area contributed by atoms with Crippen molar-refractivity contribution in [1.82, 2.24) is 19.6 Å². The predicted molar refractivity (Wildman–Crippen MR) is 52.4 cm³/mol. The normalized spacial score (nSPS) is 10.6. The van der Waals surface area contributed by atoms with Crippen LogP contribution in [0, 0.1) is 0 Å². The van der Waals surface area contributed by atoms with Crippen molar-refractivity contribution in [2.24, 2.45) is 0 Å². The van der Waals surface area contributed by atoms with Crippen LogP contribution in [-0.4, -0.2) is 26.1 Å². The van der Waals surface area contributed by atoms with Gasteiger partial charge in [-0.2, -0.15) is 10.1 Å². The van der Waals surface area contributed by atoms with Gasteiger partial charge in [-0.15, -0.1) is 0 Å². The smallest absolute Gasteiger partial charge is 0.262 e. The van der Waals surface area contributed by atoms with E-state index in [0.29, 0.717) is 11.6 Å². The fourth-order valence-electron chi connectivity index (χ4n) is 1.17. The number of aromatic nitrogens is 4. The van der Waals surface area contributed by atoms with E-state index >= 15 is 0 Å². The topological polar surface area (TPSA) is 75.1 Å². The van der Waals surface area contributed by atoms with Crippen molar-refractivity contribution in [3.05, 3.63) is 22.7 Å². The summed E-state index contributed by atoms with van der Waals surface area (Å²) in [5.41, 5.74) is -0.137. The van der Waals surface area contributed by atoms with Crippen molar-refractivity contribution in [3.8, 4) is 0 Å². The first kappa shape index (κ1) is 8.74. The molecule has 6 nitrogen and oxygen atoms in total. The Hall–Kier alpha value is -1.85. The first-order chi connectivity index (χ1) is 6.81. The minimum atomic E-state index is -0.137. The van der Waals surface area contributed by atoms with Gasteiger partial charge in [0.25, 0.3) is 5.56 Å². The molecule has 0 atom stereocenters. The SMILES string of the molecule is CCCNc1cc(=O)n2cn[nH]c2n1. The summed E-state index contributed by atoms with van der Waals surface area (Å²) in [5.74, 6) is 1.04. The largest absolute Gasteiger partial charge is 0.370 e. The molecular weight excluding hydrogens is 182 g/mol. The van der Waals surface area contributed by atoms with E-state index in [-0.39, 0.29) is 5.56 Å². The van der Waals surface area contributed by atoms with E-state index in [1.807, 2.05) is 0 Å². The molecule has 2 aromatic heterocycles. The molecule has 2 aromatic rings. The molecule has 0 aliphatic carbocycles. The van der Waals surface area contributed by atoms with E-state index in [4.69, 9.17) is 0 Å². The number of hydrogen-bond donors (Lipinski definition) is 2. The van der Waals surface area contributed by atoms with Crippen molar-refractivity contribution < 1.29 is 0 Å². The van der Waals surface area contributed by atoms with Crippen LogP contribution in [0.2, 0.25) is 0 Å². The van der Waals surface area contributed by atoms with E-state index in [9.17, 15) is 4.79 Å². The Labute approximate surface area is 80.0 Å². The molecule has 14 heavy (non-hydrogen) atoms. The Balaban J connectivity index is 2.43. The maximum Gasteiger partial charge on any atom is 0.262 e. The molecule has 0 bridgehead atoms. The van der Waals surface area contributed by atoms with Crippen LogP contribution in [-0.2, 0) is 0 Å². The van der Waals surface area contributed by atoms with Crippen LogP contribution >= 0.6 is 0 Å². The quantitative estimate of drug-likeness (QED) is 0.732. The van der Waals surface area contributed by atoms with Gasteiger partial charge < -0.3 is 5.32 Å². The van der Waals surface area contributed by atoms with Crippen molar-refractivity contribution >= 4 is 11.6 Å². The van der Waals surface area contributed by atoms with Gasteiger partial charge in [0, 0.05) is 12.6 Å². The minimum absolute atomic E-state index is 0.137. The molecule has 2 rings (SSSR count). The van der Waals surface area contributed by atoms with E-state index in [0.717, 1.165) is 13.0 Å². The zero-order valence-corrected chi connectivity index (χ0v) is 7.82. The van der Waals surface area contributed by atoms with Crippen molar-refractivity contribution in [2.45, 2.75) is 13.3 Å². The molecule has 0 aliphatic rings. The van der Waals surface area contributed by atoms with Gasteiger partial charge in [0.2, 0.25) is 5.78 Å². The second kappa shape index (κ2) is 3.49. The predicted octanol–water partition coefficient (Wildman–Crippen LogP) is 0.239. The highest BCUT2D eigenvalue weighted by Crippen LogP contribution is 1.99. The zero-order valence-electron chi connectivity index (χ0n) is 7.82. The lowest BCUT2D eigenvalue weighted by molar-refractivity contribution is 0.959. The Bertz CT molecular complexity index is 486. The highest BCUT2D eigenvalue weighted by molar-refractivity contribution is 5.40. The number of anilines is 1. The number of rotatable bonds is 3. The second-order valence-electron chi connectivity index (χ2n) is 2.96. The van der Waals surface area contributed by atoms with Crippen molar-refractivity contribution in [2.75, 3.05) is 11.9 Å².